The van der Waals surface area contributed by atoms with Gasteiger partial charge >= 0.3 is 7.60 Å². The van der Waals surface area contributed by atoms with Crippen molar-refractivity contribution in [2.75, 3.05) is 12.9 Å². The molecule has 0 fully saturated rings. The van der Waals surface area contributed by atoms with Gasteiger partial charge in [-0.3, -0.25) is 9.09 Å². The summed E-state index contributed by atoms with van der Waals surface area (Å²) in [6, 6.07) is 0. The van der Waals surface area contributed by atoms with E-state index in [0.717, 1.165) is 23.5 Å². The zero-order chi connectivity index (χ0) is 10.6. The lowest BCUT2D eigenvalue weighted by molar-refractivity contribution is 0.201. The van der Waals surface area contributed by atoms with Crippen LogP contribution in [0, 0.1) is 0 Å². The van der Waals surface area contributed by atoms with Crippen LogP contribution >= 0.6 is 19.4 Å². The Hall–Kier alpha value is 0.240. The van der Waals surface area contributed by atoms with Crippen molar-refractivity contribution in [2.24, 2.45) is 0 Å². The molecule has 0 N–H and O–H groups in total. The van der Waals surface area contributed by atoms with Crippen LogP contribution in [0.5, 0.6) is 0 Å². The zero-order valence-corrected chi connectivity index (χ0v) is 10.6. The van der Waals surface area contributed by atoms with Crippen LogP contribution in [0.4, 0.5) is 0 Å². The molecular weight excluding hydrogens is 219 g/mol. The molecule has 0 aliphatic carbocycles. The molecule has 5 heteroatoms. The normalized spacial score (nSPS) is 31.9. The van der Waals surface area contributed by atoms with E-state index in [-0.39, 0.29) is 6.10 Å². The highest BCUT2D eigenvalue weighted by molar-refractivity contribution is 8.03. The molecule has 14 heavy (non-hydrogen) atoms. The first-order chi connectivity index (χ1) is 6.65. The second kappa shape index (κ2) is 5.36. The average Bonchev–Trinajstić information content (AvgIpc) is 2.46. The van der Waals surface area contributed by atoms with E-state index < -0.39 is 7.60 Å². The van der Waals surface area contributed by atoms with Gasteiger partial charge in [-0.1, -0.05) is 20.3 Å². The fourth-order valence-electron chi connectivity index (χ4n) is 1.35. The van der Waals surface area contributed by atoms with E-state index in [2.05, 4.69) is 13.8 Å². The van der Waals surface area contributed by atoms with E-state index in [9.17, 15) is 4.57 Å². The molecule has 1 heterocycles. The Kier molecular flexibility index (Phi) is 4.71. The molecular formula is C9H17O3PS. The Morgan fingerprint density at radius 3 is 2.86 bits per heavy atom. The van der Waals surface area contributed by atoms with Crippen molar-refractivity contribution in [2.45, 2.75) is 32.8 Å². The van der Waals surface area contributed by atoms with E-state index in [0.29, 0.717) is 0 Å². The summed E-state index contributed by atoms with van der Waals surface area (Å²) in [5.74, 6) is 2.64. The highest BCUT2D eigenvalue weighted by atomic mass is 32.2. The topological polar surface area (TPSA) is 35.5 Å². The van der Waals surface area contributed by atoms with Gasteiger partial charge in [0, 0.05) is 17.8 Å². The Bertz CT molecular complexity index is 265. The quantitative estimate of drug-likeness (QED) is 0.683. The summed E-state index contributed by atoms with van der Waals surface area (Å²) in [6.07, 6.45) is 1.91. The number of thioether (sulfide) groups is 1. The highest BCUT2D eigenvalue weighted by Crippen LogP contribution is 2.59. The number of hydrogen-bond donors (Lipinski definition) is 0. The SMILES string of the molecule is CCCC1OP(=O)(OC)C=C1SCC. The Labute approximate surface area is 89.8 Å². The molecule has 0 saturated heterocycles. The van der Waals surface area contributed by atoms with Crippen LogP contribution in [0.3, 0.4) is 0 Å². The van der Waals surface area contributed by atoms with Crippen molar-refractivity contribution in [1.29, 1.82) is 0 Å². The van der Waals surface area contributed by atoms with E-state index >= 15 is 0 Å². The maximum atomic E-state index is 11.8. The number of rotatable bonds is 5. The monoisotopic (exact) mass is 236 g/mol. The first-order valence-electron chi connectivity index (χ1n) is 4.84. The molecule has 3 nitrogen and oxygen atoms in total. The molecule has 0 aromatic rings. The fraction of sp³-hybridized carbons (Fsp3) is 0.778. The smallest absolute Gasteiger partial charge is 0.309 e. The third-order valence-electron chi connectivity index (χ3n) is 1.99. The van der Waals surface area contributed by atoms with Crippen molar-refractivity contribution < 1.29 is 13.6 Å². The first kappa shape index (κ1) is 12.3. The first-order valence-corrected chi connectivity index (χ1v) is 7.44. The van der Waals surface area contributed by atoms with E-state index in [1.54, 1.807) is 17.6 Å². The predicted octanol–water partition coefficient (Wildman–Crippen LogP) is 3.62. The largest absolute Gasteiger partial charge is 0.355 e. The second-order valence-corrected chi connectivity index (χ2v) is 6.32. The van der Waals surface area contributed by atoms with Gasteiger partial charge in [0.1, 0.15) is 0 Å². The summed E-state index contributed by atoms with van der Waals surface area (Å²) >= 11 is 1.69. The fourth-order valence-corrected chi connectivity index (χ4v) is 4.09. The van der Waals surface area contributed by atoms with Crippen molar-refractivity contribution in [3.8, 4) is 0 Å². The molecule has 0 spiro atoms. The summed E-state index contributed by atoms with van der Waals surface area (Å²) in [5.41, 5.74) is 0. The molecule has 0 radical (unpaired) electrons. The van der Waals surface area contributed by atoms with Crippen LogP contribution in [0.2, 0.25) is 0 Å². The lowest BCUT2D eigenvalue weighted by Crippen LogP contribution is -2.07. The molecule has 2 atom stereocenters. The molecule has 1 rings (SSSR count). The number of hydrogen-bond acceptors (Lipinski definition) is 4. The van der Waals surface area contributed by atoms with Crippen molar-refractivity contribution >= 4 is 19.4 Å². The zero-order valence-electron chi connectivity index (χ0n) is 8.86. The van der Waals surface area contributed by atoms with E-state index in [1.165, 1.54) is 7.11 Å². The molecule has 82 valence electrons. The van der Waals surface area contributed by atoms with Crippen molar-refractivity contribution in [3.05, 3.63) is 10.7 Å². The van der Waals surface area contributed by atoms with Crippen LogP contribution < -0.4 is 0 Å². The van der Waals surface area contributed by atoms with Crippen LogP contribution in [-0.2, 0) is 13.6 Å². The molecule has 0 aromatic carbocycles. The molecule has 2 unspecified atom stereocenters. The highest BCUT2D eigenvalue weighted by Gasteiger charge is 2.35. The lowest BCUT2D eigenvalue weighted by atomic mass is 10.2. The van der Waals surface area contributed by atoms with Gasteiger partial charge in [0.15, 0.2) is 0 Å². The van der Waals surface area contributed by atoms with Crippen LogP contribution in [0.15, 0.2) is 10.7 Å². The molecule has 0 aromatic heterocycles. The van der Waals surface area contributed by atoms with E-state index in [1.807, 2.05) is 0 Å². The average molecular weight is 236 g/mol. The van der Waals surface area contributed by atoms with Crippen LogP contribution in [0.1, 0.15) is 26.7 Å². The summed E-state index contributed by atoms with van der Waals surface area (Å²) in [7, 11) is -1.48. The minimum absolute atomic E-state index is 0.0178. The van der Waals surface area contributed by atoms with Gasteiger partial charge in [-0.2, -0.15) is 0 Å². The Morgan fingerprint density at radius 1 is 1.64 bits per heavy atom. The summed E-state index contributed by atoms with van der Waals surface area (Å²) in [6.45, 7) is 4.16. The Balaban J connectivity index is 2.73. The standard InChI is InChI=1S/C9H17O3PS/c1-4-6-8-9(14-5-2)7-13(10,11-3)12-8/h7-8H,4-6H2,1-3H3. The summed E-state index contributed by atoms with van der Waals surface area (Å²) in [4.78, 5) is 1.07. The maximum absolute atomic E-state index is 11.8. The van der Waals surface area contributed by atoms with Gasteiger partial charge in [-0.15, -0.1) is 11.8 Å². The molecule has 1 aliphatic rings. The van der Waals surface area contributed by atoms with Crippen LogP contribution in [0.25, 0.3) is 0 Å². The minimum atomic E-state index is -2.91. The summed E-state index contributed by atoms with van der Waals surface area (Å²) in [5, 5.41) is 0. The third-order valence-corrected chi connectivity index (χ3v) is 4.82. The third kappa shape index (κ3) is 2.86. The van der Waals surface area contributed by atoms with Gasteiger partial charge in [-0.05, 0) is 12.2 Å². The lowest BCUT2D eigenvalue weighted by Gasteiger charge is -2.13. The van der Waals surface area contributed by atoms with Gasteiger partial charge in [0.05, 0.1) is 6.10 Å². The molecule has 0 bridgehead atoms. The second-order valence-electron chi connectivity index (χ2n) is 3.07. The molecule has 1 aliphatic heterocycles. The van der Waals surface area contributed by atoms with E-state index in [4.69, 9.17) is 9.05 Å². The van der Waals surface area contributed by atoms with Crippen molar-refractivity contribution in [3.63, 3.8) is 0 Å². The summed E-state index contributed by atoms with van der Waals surface area (Å²) < 4.78 is 22.1. The van der Waals surface area contributed by atoms with Gasteiger partial charge in [0.2, 0.25) is 0 Å². The van der Waals surface area contributed by atoms with Gasteiger partial charge < -0.3 is 4.52 Å². The van der Waals surface area contributed by atoms with Crippen LogP contribution in [-0.4, -0.2) is 19.0 Å². The minimum Gasteiger partial charge on any atom is -0.309 e. The Morgan fingerprint density at radius 2 is 2.36 bits per heavy atom. The molecule has 0 saturated carbocycles. The maximum Gasteiger partial charge on any atom is 0.355 e. The van der Waals surface area contributed by atoms with Crippen molar-refractivity contribution in [1.82, 2.24) is 0 Å². The predicted molar refractivity (Wildman–Crippen MR) is 60.6 cm³/mol. The van der Waals surface area contributed by atoms with Gasteiger partial charge in [-0.25, -0.2) is 0 Å². The molecule has 0 amide bonds. The van der Waals surface area contributed by atoms with Gasteiger partial charge in [0.25, 0.3) is 0 Å².